The minimum absolute atomic E-state index is 0.0906. The molecule has 0 aromatic heterocycles. The zero-order valence-electron chi connectivity index (χ0n) is 12.2. The van der Waals surface area contributed by atoms with Crippen LogP contribution < -0.4 is 0 Å². The van der Waals surface area contributed by atoms with Gasteiger partial charge >= 0.3 is 0 Å². The minimum atomic E-state index is -0.514. The number of hydrogen-bond donors (Lipinski definition) is 0. The molecule has 1 fully saturated rings. The molecule has 1 aromatic carbocycles. The van der Waals surface area contributed by atoms with Gasteiger partial charge in [-0.1, -0.05) is 6.07 Å². The van der Waals surface area contributed by atoms with E-state index in [0.717, 1.165) is 0 Å². The molecule has 5 heteroatoms. The van der Waals surface area contributed by atoms with Gasteiger partial charge in [0.1, 0.15) is 5.82 Å². The molecule has 1 aliphatic heterocycles. The number of benzene rings is 1. The van der Waals surface area contributed by atoms with Gasteiger partial charge < -0.3 is 9.64 Å². The largest absolute Gasteiger partial charge is 0.366 e. The highest BCUT2D eigenvalue weighted by Gasteiger charge is 2.40. The zero-order valence-corrected chi connectivity index (χ0v) is 13.8. The molecule has 0 aliphatic carbocycles. The molecule has 1 aromatic rings. The molecule has 2 rings (SSSR count). The minimum Gasteiger partial charge on any atom is -0.366 e. The number of halogens is 2. The molecule has 1 aliphatic rings. The van der Waals surface area contributed by atoms with E-state index in [4.69, 9.17) is 4.74 Å². The second kappa shape index (κ2) is 5.11. The Morgan fingerprint density at radius 1 is 1.25 bits per heavy atom. The fourth-order valence-corrected chi connectivity index (χ4v) is 3.14. The Morgan fingerprint density at radius 3 is 2.35 bits per heavy atom. The third-order valence-electron chi connectivity index (χ3n) is 3.17. The molecule has 1 heterocycles. The van der Waals surface area contributed by atoms with E-state index in [1.807, 2.05) is 27.7 Å². The van der Waals surface area contributed by atoms with Crippen LogP contribution in [0.5, 0.6) is 0 Å². The number of carbonyl (C=O) groups is 1. The van der Waals surface area contributed by atoms with Crippen molar-refractivity contribution in [2.24, 2.45) is 0 Å². The summed E-state index contributed by atoms with van der Waals surface area (Å²) in [5, 5.41) is 0. The summed E-state index contributed by atoms with van der Waals surface area (Å²) >= 11 is 3.11. The number of rotatable bonds is 1. The van der Waals surface area contributed by atoms with Gasteiger partial charge in [0.05, 0.1) is 21.2 Å². The molecule has 0 unspecified atom stereocenters. The van der Waals surface area contributed by atoms with Gasteiger partial charge in [-0.3, -0.25) is 4.79 Å². The molecule has 1 amide bonds. The summed E-state index contributed by atoms with van der Waals surface area (Å²) in [6.45, 7) is 8.64. The van der Waals surface area contributed by atoms with Crippen molar-refractivity contribution in [3.8, 4) is 0 Å². The average Bonchev–Trinajstić information content (AvgIpc) is 2.28. The van der Waals surface area contributed by atoms with E-state index < -0.39 is 17.0 Å². The van der Waals surface area contributed by atoms with Gasteiger partial charge in [0, 0.05) is 13.1 Å². The average molecular weight is 344 g/mol. The summed E-state index contributed by atoms with van der Waals surface area (Å²) in [5.41, 5.74) is -0.798. The highest BCUT2D eigenvalue weighted by molar-refractivity contribution is 9.10. The zero-order chi connectivity index (χ0) is 15.1. The Kier molecular flexibility index (Phi) is 3.95. The van der Waals surface area contributed by atoms with E-state index in [0.29, 0.717) is 17.6 Å². The highest BCUT2D eigenvalue weighted by Crippen LogP contribution is 2.30. The van der Waals surface area contributed by atoms with E-state index in [-0.39, 0.29) is 11.5 Å². The lowest BCUT2D eigenvalue weighted by Gasteiger charge is -2.47. The van der Waals surface area contributed by atoms with Gasteiger partial charge in [-0.25, -0.2) is 4.39 Å². The Hall–Kier alpha value is -0.940. The molecule has 0 N–H and O–H groups in total. The van der Waals surface area contributed by atoms with Crippen molar-refractivity contribution in [1.82, 2.24) is 4.90 Å². The standard InChI is InChI=1S/C15H19BrFNO2/c1-14(2)8-18(9-15(3,4)20-14)13(19)10-6-5-7-11(16)12(10)17/h5-7H,8-9H2,1-4H3. The van der Waals surface area contributed by atoms with Crippen LogP contribution in [0.15, 0.2) is 22.7 Å². The van der Waals surface area contributed by atoms with Crippen molar-refractivity contribution in [2.75, 3.05) is 13.1 Å². The first kappa shape index (κ1) is 15.4. The van der Waals surface area contributed by atoms with Crippen LogP contribution in [0, 0.1) is 5.82 Å². The predicted molar refractivity (Wildman–Crippen MR) is 79.2 cm³/mol. The molecule has 0 saturated carbocycles. The van der Waals surface area contributed by atoms with Crippen molar-refractivity contribution in [3.05, 3.63) is 34.1 Å². The number of nitrogens with zero attached hydrogens (tertiary/aromatic N) is 1. The summed E-state index contributed by atoms with van der Waals surface area (Å²) in [6, 6.07) is 4.76. The fraction of sp³-hybridized carbons (Fsp3) is 0.533. The van der Waals surface area contributed by atoms with Crippen LogP contribution in [0.25, 0.3) is 0 Å². The molecule has 0 radical (unpaired) electrons. The van der Waals surface area contributed by atoms with Gasteiger partial charge in [-0.15, -0.1) is 0 Å². The van der Waals surface area contributed by atoms with E-state index in [1.165, 1.54) is 6.07 Å². The summed E-state index contributed by atoms with van der Waals surface area (Å²) < 4.78 is 20.3. The van der Waals surface area contributed by atoms with Crippen molar-refractivity contribution in [2.45, 2.75) is 38.9 Å². The molecule has 0 bridgehead atoms. The Labute approximate surface area is 127 Å². The van der Waals surface area contributed by atoms with E-state index in [1.54, 1.807) is 17.0 Å². The van der Waals surface area contributed by atoms with Gasteiger partial charge in [0.2, 0.25) is 0 Å². The molecular formula is C15H19BrFNO2. The lowest BCUT2D eigenvalue weighted by molar-refractivity contribution is -0.171. The monoisotopic (exact) mass is 343 g/mol. The first-order valence-corrected chi connectivity index (χ1v) is 7.34. The maximum absolute atomic E-state index is 14.1. The van der Waals surface area contributed by atoms with Crippen LogP contribution in [-0.4, -0.2) is 35.1 Å². The SMILES string of the molecule is CC1(C)CN(C(=O)c2cccc(Br)c2F)CC(C)(C)O1. The Morgan fingerprint density at radius 2 is 1.80 bits per heavy atom. The van der Waals surface area contributed by atoms with E-state index in [9.17, 15) is 9.18 Å². The molecule has 110 valence electrons. The maximum Gasteiger partial charge on any atom is 0.257 e. The Balaban J connectivity index is 2.31. The molecular weight excluding hydrogens is 325 g/mol. The van der Waals surface area contributed by atoms with Crippen LogP contribution in [-0.2, 0) is 4.74 Å². The first-order chi connectivity index (χ1) is 9.11. The van der Waals surface area contributed by atoms with Crippen LogP contribution in [0.3, 0.4) is 0 Å². The Bertz CT molecular complexity index is 527. The van der Waals surface area contributed by atoms with Crippen molar-refractivity contribution >= 4 is 21.8 Å². The maximum atomic E-state index is 14.1. The normalized spacial score (nSPS) is 20.8. The predicted octanol–water partition coefficient (Wildman–Crippen LogP) is 3.62. The number of carbonyl (C=O) groups excluding carboxylic acids is 1. The van der Waals surface area contributed by atoms with Crippen LogP contribution >= 0.6 is 15.9 Å². The highest BCUT2D eigenvalue weighted by atomic mass is 79.9. The van der Waals surface area contributed by atoms with Crippen molar-refractivity contribution in [1.29, 1.82) is 0 Å². The summed E-state index contributed by atoms with van der Waals surface area (Å²) in [7, 11) is 0. The van der Waals surface area contributed by atoms with Crippen molar-refractivity contribution < 1.29 is 13.9 Å². The summed E-state index contributed by atoms with van der Waals surface area (Å²) in [6.07, 6.45) is 0. The van der Waals surface area contributed by atoms with E-state index >= 15 is 0 Å². The van der Waals surface area contributed by atoms with Crippen LogP contribution in [0.4, 0.5) is 4.39 Å². The molecule has 20 heavy (non-hydrogen) atoms. The van der Waals surface area contributed by atoms with E-state index in [2.05, 4.69) is 15.9 Å². The topological polar surface area (TPSA) is 29.5 Å². The molecule has 1 saturated heterocycles. The van der Waals surface area contributed by atoms with Gasteiger partial charge in [0.25, 0.3) is 5.91 Å². The van der Waals surface area contributed by atoms with Crippen molar-refractivity contribution in [3.63, 3.8) is 0 Å². The first-order valence-electron chi connectivity index (χ1n) is 6.55. The van der Waals surface area contributed by atoms with Crippen LogP contribution in [0.1, 0.15) is 38.1 Å². The number of morpholine rings is 1. The molecule has 3 nitrogen and oxygen atoms in total. The lowest BCUT2D eigenvalue weighted by atomic mass is 9.98. The number of hydrogen-bond acceptors (Lipinski definition) is 2. The molecule has 0 atom stereocenters. The summed E-state index contributed by atoms with van der Waals surface area (Å²) in [5.74, 6) is -0.812. The third kappa shape index (κ3) is 3.20. The van der Waals surface area contributed by atoms with Gasteiger partial charge in [0.15, 0.2) is 0 Å². The van der Waals surface area contributed by atoms with Gasteiger partial charge in [-0.2, -0.15) is 0 Å². The van der Waals surface area contributed by atoms with Crippen LogP contribution in [0.2, 0.25) is 0 Å². The summed E-state index contributed by atoms with van der Waals surface area (Å²) in [4.78, 5) is 14.2. The second-order valence-electron chi connectivity index (χ2n) is 6.38. The smallest absolute Gasteiger partial charge is 0.257 e. The lowest BCUT2D eigenvalue weighted by Crippen LogP contribution is -2.58. The second-order valence-corrected chi connectivity index (χ2v) is 7.24. The van der Waals surface area contributed by atoms with Gasteiger partial charge in [-0.05, 0) is 55.8 Å². The number of amides is 1. The number of ether oxygens (including phenoxy) is 1. The fourth-order valence-electron chi connectivity index (χ4n) is 2.77. The third-order valence-corrected chi connectivity index (χ3v) is 3.78. The quantitative estimate of drug-likeness (QED) is 0.779. The molecule has 0 spiro atoms.